The first-order valence-electron chi connectivity index (χ1n) is 6.41. The van der Waals surface area contributed by atoms with Gasteiger partial charge in [0.25, 0.3) is 0 Å². The summed E-state index contributed by atoms with van der Waals surface area (Å²) in [5, 5.41) is 0. The summed E-state index contributed by atoms with van der Waals surface area (Å²) in [6, 6.07) is 10.0. The highest BCUT2D eigenvalue weighted by Crippen LogP contribution is 2.15. The van der Waals surface area contributed by atoms with Gasteiger partial charge in [-0.25, -0.2) is 9.98 Å². The maximum Gasteiger partial charge on any atom is 0.159 e. The van der Waals surface area contributed by atoms with Crippen LogP contribution in [0.15, 0.2) is 76.4 Å². The van der Waals surface area contributed by atoms with Gasteiger partial charge in [0.2, 0.25) is 0 Å². The average Bonchev–Trinajstić information content (AvgIpc) is 2.62. The maximum atomic E-state index is 4.68. The molecule has 19 heavy (non-hydrogen) atoms. The summed E-state index contributed by atoms with van der Waals surface area (Å²) in [5.41, 5.74) is 3.93. The van der Waals surface area contributed by atoms with Crippen LogP contribution in [0.25, 0.3) is 0 Å². The molecule has 1 aliphatic heterocycles. The molecule has 0 unspecified atom stereocenters. The van der Waals surface area contributed by atoms with Gasteiger partial charge in [-0.15, -0.1) is 0 Å². The average molecular weight is 250 g/mol. The molecule has 1 aromatic carbocycles. The van der Waals surface area contributed by atoms with Crippen molar-refractivity contribution in [1.82, 2.24) is 0 Å². The molecule has 2 heteroatoms. The van der Waals surface area contributed by atoms with E-state index in [1.54, 1.807) is 0 Å². The molecule has 1 heterocycles. The second kappa shape index (κ2) is 6.10. The molecule has 0 aromatic heterocycles. The minimum absolute atomic E-state index is 0.757. The van der Waals surface area contributed by atoms with Crippen molar-refractivity contribution in [2.75, 3.05) is 0 Å². The quantitative estimate of drug-likeness (QED) is 0.714. The van der Waals surface area contributed by atoms with E-state index < -0.39 is 0 Å². The normalized spacial score (nSPS) is 15.6. The molecule has 1 aliphatic rings. The third kappa shape index (κ3) is 3.38. The molecule has 0 saturated carbocycles. The second-order valence-corrected chi connectivity index (χ2v) is 4.43. The van der Waals surface area contributed by atoms with Crippen LogP contribution in [0.5, 0.6) is 0 Å². The highest BCUT2D eigenvalue weighted by Gasteiger charge is 2.09. The Balaban J connectivity index is 2.42. The van der Waals surface area contributed by atoms with Crippen molar-refractivity contribution in [3.05, 3.63) is 72.0 Å². The number of amidine groups is 1. The fraction of sp³-hybridized carbons (Fsp3) is 0.176. The fourth-order valence-corrected chi connectivity index (χ4v) is 1.87. The van der Waals surface area contributed by atoms with Crippen molar-refractivity contribution in [3.8, 4) is 0 Å². The van der Waals surface area contributed by atoms with Crippen LogP contribution in [-0.2, 0) is 0 Å². The maximum absolute atomic E-state index is 4.68. The molecule has 96 valence electrons. The molecular formula is C17H18N2. The standard InChI is InChI=1S/C17H18N2/c1-4-8-13(2)16-12-11-14(3)18-17(19-16)15-9-6-5-7-10-15/h4-11H,2,12H2,1,3H3. The molecule has 0 fully saturated rings. The largest absolute Gasteiger partial charge is 0.234 e. The van der Waals surface area contributed by atoms with Gasteiger partial charge in [0, 0.05) is 17.7 Å². The van der Waals surface area contributed by atoms with Crippen LogP contribution in [0.4, 0.5) is 0 Å². The van der Waals surface area contributed by atoms with Crippen LogP contribution in [0.1, 0.15) is 25.8 Å². The van der Waals surface area contributed by atoms with Crippen molar-refractivity contribution in [1.29, 1.82) is 0 Å². The van der Waals surface area contributed by atoms with Gasteiger partial charge in [0.1, 0.15) is 0 Å². The van der Waals surface area contributed by atoms with Gasteiger partial charge in [-0.1, -0.05) is 55.1 Å². The Morgan fingerprint density at radius 3 is 2.63 bits per heavy atom. The zero-order valence-electron chi connectivity index (χ0n) is 11.4. The van der Waals surface area contributed by atoms with Gasteiger partial charge in [-0.2, -0.15) is 0 Å². The zero-order valence-corrected chi connectivity index (χ0v) is 11.4. The summed E-state index contributed by atoms with van der Waals surface area (Å²) in [4.78, 5) is 9.24. The Hall–Kier alpha value is -2.22. The van der Waals surface area contributed by atoms with Gasteiger partial charge in [0.15, 0.2) is 5.84 Å². The third-order valence-electron chi connectivity index (χ3n) is 2.88. The topological polar surface area (TPSA) is 24.7 Å². The van der Waals surface area contributed by atoms with Crippen molar-refractivity contribution >= 4 is 11.5 Å². The zero-order chi connectivity index (χ0) is 13.7. The van der Waals surface area contributed by atoms with Crippen molar-refractivity contribution in [2.45, 2.75) is 20.3 Å². The lowest BCUT2D eigenvalue weighted by atomic mass is 10.1. The minimum Gasteiger partial charge on any atom is -0.234 e. The summed E-state index contributed by atoms with van der Waals surface area (Å²) < 4.78 is 0. The molecule has 2 rings (SSSR count). The van der Waals surface area contributed by atoms with Crippen LogP contribution in [0.3, 0.4) is 0 Å². The van der Waals surface area contributed by atoms with E-state index in [1.165, 1.54) is 0 Å². The molecular weight excluding hydrogens is 232 g/mol. The number of hydrogen-bond donors (Lipinski definition) is 0. The molecule has 0 radical (unpaired) electrons. The molecule has 0 aliphatic carbocycles. The third-order valence-corrected chi connectivity index (χ3v) is 2.88. The van der Waals surface area contributed by atoms with Gasteiger partial charge in [0.05, 0.1) is 5.71 Å². The number of hydrogen-bond acceptors (Lipinski definition) is 2. The highest BCUT2D eigenvalue weighted by atomic mass is 14.9. The Kier molecular flexibility index (Phi) is 4.24. The summed E-state index contributed by atoms with van der Waals surface area (Å²) in [5.74, 6) is 0.757. The van der Waals surface area contributed by atoms with E-state index in [1.807, 2.05) is 56.3 Å². The predicted molar refractivity (Wildman–Crippen MR) is 82.7 cm³/mol. The lowest BCUT2D eigenvalue weighted by Crippen LogP contribution is -2.04. The Morgan fingerprint density at radius 2 is 1.95 bits per heavy atom. The van der Waals surface area contributed by atoms with E-state index in [0.717, 1.165) is 34.8 Å². The Labute approximate surface area is 114 Å². The smallest absolute Gasteiger partial charge is 0.159 e. The lowest BCUT2D eigenvalue weighted by molar-refractivity contribution is 1.26. The Morgan fingerprint density at radius 1 is 1.21 bits per heavy atom. The van der Waals surface area contributed by atoms with Gasteiger partial charge in [-0.3, -0.25) is 0 Å². The fourth-order valence-electron chi connectivity index (χ4n) is 1.87. The summed E-state index contributed by atoms with van der Waals surface area (Å²) >= 11 is 0. The molecule has 2 nitrogen and oxygen atoms in total. The van der Waals surface area contributed by atoms with E-state index in [9.17, 15) is 0 Å². The summed E-state index contributed by atoms with van der Waals surface area (Å²) in [6.45, 7) is 8.04. The predicted octanol–water partition coefficient (Wildman–Crippen LogP) is 4.31. The molecule has 1 aromatic rings. The lowest BCUT2D eigenvalue weighted by Gasteiger charge is -2.04. The van der Waals surface area contributed by atoms with Gasteiger partial charge >= 0.3 is 0 Å². The molecule has 0 amide bonds. The molecule has 0 atom stereocenters. The number of rotatable bonds is 3. The SMILES string of the molecule is C=C(C=CC)C1=NC(c2ccccc2)=NC(C)=CC1. The first kappa shape index (κ1) is 13.2. The highest BCUT2D eigenvalue weighted by molar-refractivity contribution is 6.14. The van der Waals surface area contributed by atoms with E-state index >= 15 is 0 Å². The number of aliphatic imine (C=N–C) groups is 2. The first-order valence-corrected chi connectivity index (χ1v) is 6.41. The molecule has 0 bridgehead atoms. The van der Waals surface area contributed by atoms with E-state index in [4.69, 9.17) is 0 Å². The number of benzene rings is 1. The van der Waals surface area contributed by atoms with Crippen LogP contribution in [0, 0.1) is 0 Å². The van der Waals surface area contributed by atoms with Crippen LogP contribution < -0.4 is 0 Å². The van der Waals surface area contributed by atoms with Crippen molar-refractivity contribution in [3.63, 3.8) is 0 Å². The minimum atomic E-state index is 0.757. The van der Waals surface area contributed by atoms with E-state index in [-0.39, 0.29) is 0 Å². The number of nitrogens with zero attached hydrogens (tertiary/aromatic N) is 2. The van der Waals surface area contributed by atoms with Crippen LogP contribution >= 0.6 is 0 Å². The Bertz CT molecular complexity index is 587. The van der Waals surface area contributed by atoms with Gasteiger partial charge < -0.3 is 0 Å². The monoisotopic (exact) mass is 250 g/mol. The molecule has 0 saturated heterocycles. The summed E-state index contributed by atoms with van der Waals surface area (Å²) in [7, 11) is 0. The van der Waals surface area contributed by atoms with Gasteiger partial charge in [-0.05, 0) is 19.4 Å². The van der Waals surface area contributed by atoms with E-state index in [2.05, 4.69) is 22.6 Å². The molecule has 0 spiro atoms. The first-order chi connectivity index (χ1) is 9.20. The second-order valence-electron chi connectivity index (χ2n) is 4.43. The number of allylic oxidation sites excluding steroid dienone is 5. The summed E-state index contributed by atoms with van der Waals surface area (Å²) in [6.07, 6.45) is 6.82. The van der Waals surface area contributed by atoms with Crippen LogP contribution in [0.2, 0.25) is 0 Å². The molecule has 0 N–H and O–H groups in total. The van der Waals surface area contributed by atoms with Crippen molar-refractivity contribution < 1.29 is 0 Å². The van der Waals surface area contributed by atoms with Crippen molar-refractivity contribution in [2.24, 2.45) is 9.98 Å². The van der Waals surface area contributed by atoms with E-state index in [0.29, 0.717) is 0 Å². The van der Waals surface area contributed by atoms with Crippen LogP contribution in [-0.4, -0.2) is 11.5 Å².